The second kappa shape index (κ2) is 6.29. The Labute approximate surface area is 119 Å². The summed E-state index contributed by atoms with van der Waals surface area (Å²) in [4.78, 5) is 6.50. The second-order valence-corrected chi connectivity index (χ2v) is 5.21. The Balaban J connectivity index is 1.51. The Morgan fingerprint density at radius 2 is 1.00 bits per heavy atom. The van der Waals surface area contributed by atoms with Crippen LogP contribution in [-0.2, 0) is 25.7 Å². The number of rotatable bonds is 6. The van der Waals surface area contributed by atoms with E-state index >= 15 is 0 Å². The van der Waals surface area contributed by atoms with Gasteiger partial charge in [0.25, 0.3) is 0 Å². The largest absolute Gasteiger partial charge is 0.365 e. The molecule has 3 aromatic rings. The minimum absolute atomic E-state index is 1.08. The van der Waals surface area contributed by atoms with Crippen LogP contribution in [-0.4, -0.2) is 9.97 Å². The van der Waals surface area contributed by atoms with Crippen LogP contribution < -0.4 is 0 Å². The molecule has 102 valence electrons. The number of benzene rings is 1. The van der Waals surface area contributed by atoms with Crippen LogP contribution in [0, 0.1) is 0 Å². The van der Waals surface area contributed by atoms with Crippen molar-refractivity contribution in [3.8, 4) is 0 Å². The first-order valence-electron chi connectivity index (χ1n) is 7.22. The Bertz CT molecular complexity index is 547. The average molecular weight is 264 g/mol. The van der Waals surface area contributed by atoms with Gasteiger partial charge in [0.15, 0.2) is 0 Å². The highest BCUT2D eigenvalue weighted by molar-refractivity contribution is 5.24. The highest BCUT2D eigenvalue weighted by Gasteiger charge is 1.99. The predicted molar refractivity (Wildman–Crippen MR) is 82.8 cm³/mol. The third-order valence-corrected chi connectivity index (χ3v) is 3.71. The fraction of sp³-hybridized carbons (Fsp3) is 0.222. The number of H-pyrrole nitrogens is 2. The van der Waals surface area contributed by atoms with E-state index in [1.54, 1.807) is 0 Å². The zero-order valence-corrected chi connectivity index (χ0v) is 11.6. The molecule has 2 N–H and O–H groups in total. The van der Waals surface area contributed by atoms with Crippen molar-refractivity contribution >= 4 is 0 Å². The van der Waals surface area contributed by atoms with Crippen molar-refractivity contribution in [2.24, 2.45) is 0 Å². The van der Waals surface area contributed by atoms with Crippen LogP contribution in [0.1, 0.15) is 22.5 Å². The molecule has 0 saturated carbocycles. The fourth-order valence-corrected chi connectivity index (χ4v) is 2.48. The lowest BCUT2D eigenvalue weighted by Crippen LogP contribution is -1.94. The van der Waals surface area contributed by atoms with Gasteiger partial charge >= 0.3 is 0 Å². The average Bonchev–Trinajstić information content (AvgIpc) is 3.17. The van der Waals surface area contributed by atoms with Gasteiger partial charge in [0.2, 0.25) is 0 Å². The quantitative estimate of drug-likeness (QED) is 0.676. The van der Waals surface area contributed by atoms with Crippen LogP contribution in [0.5, 0.6) is 0 Å². The second-order valence-electron chi connectivity index (χ2n) is 5.21. The zero-order valence-electron chi connectivity index (χ0n) is 11.6. The zero-order chi connectivity index (χ0) is 13.6. The topological polar surface area (TPSA) is 31.6 Å². The van der Waals surface area contributed by atoms with Crippen LogP contribution in [0.25, 0.3) is 0 Å². The number of aromatic nitrogens is 2. The maximum atomic E-state index is 3.25. The lowest BCUT2D eigenvalue weighted by molar-refractivity contribution is 0.909. The molecule has 2 heteroatoms. The van der Waals surface area contributed by atoms with E-state index in [4.69, 9.17) is 0 Å². The van der Waals surface area contributed by atoms with Crippen molar-refractivity contribution in [2.45, 2.75) is 25.7 Å². The monoisotopic (exact) mass is 264 g/mol. The first-order valence-corrected chi connectivity index (χ1v) is 7.22. The molecule has 0 aliphatic carbocycles. The summed E-state index contributed by atoms with van der Waals surface area (Å²) < 4.78 is 0. The summed E-state index contributed by atoms with van der Waals surface area (Å²) in [6, 6.07) is 17.4. The first-order chi connectivity index (χ1) is 9.90. The van der Waals surface area contributed by atoms with Gasteiger partial charge in [-0.3, -0.25) is 0 Å². The molecule has 1 aromatic carbocycles. The van der Waals surface area contributed by atoms with Crippen LogP contribution >= 0.6 is 0 Å². The van der Waals surface area contributed by atoms with Crippen LogP contribution in [0.15, 0.2) is 60.9 Å². The van der Waals surface area contributed by atoms with E-state index in [-0.39, 0.29) is 0 Å². The number of aryl methyl sites for hydroxylation is 4. The molecule has 0 amide bonds. The molecule has 0 aliphatic heterocycles. The van der Waals surface area contributed by atoms with Gasteiger partial charge in [0.1, 0.15) is 0 Å². The smallest absolute Gasteiger partial charge is 0.0150 e. The number of hydrogen-bond donors (Lipinski definition) is 2. The van der Waals surface area contributed by atoms with E-state index in [1.165, 1.54) is 22.5 Å². The summed E-state index contributed by atoms with van der Waals surface area (Å²) in [6.07, 6.45) is 8.32. The summed E-state index contributed by atoms with van der Waals surface area (Å²) in [5.74, 6) is 0. The molecule has 0 spiro atoms. The summed E-state index contributed by atoms with van der Waals surface area (Å²) in [5.41, 5.74) is 5.42. The Hall–Kier alpha value is -2.22. The van der Waals surface area contributed by atoms with Gasteiger partial charge in [-0.05, 0) is 61.1 Å². The molecule has 0 bridgehead atoms. The predicted octanol–water partition coefficient (Wildman–Crippen LogP) is 3.91. The van der Waals surface area contributed by atoms with Crippen LogP contribution in [0.2, 0.25) is 0 Å². The van der Waals surface area contributed by atoms with Crippen molar-refractivity contribution < 1.29 is 0 Å². The number of nitrogens with one attached hydrogen (secondary N) is 2. The summed E-state index contributed by atoms with van der Waals surface area (Å²) in [7, 11) is 0. The van der Waals surface area contributed by atoms with Crippen molar-refractivity contribution in [2.75, 3.05) is 0 Å². The van der Waals surface area contributed by atoms with E-state index in [1.807, 2.05) is 12.4 Å². The summed E-state index contributed by atoms with van der Waals surface area (Å²) >= 11 is 0. The minimum atomic E-state index is 1.08. The fourth-order valence-electron chi connectivity index (χ4n) is 2.48. The molecule has 0 fully saturated rings. The third-order valence-electron chi connectivity index (χ3n) is 3.71. The highest BCUT2D eigenvalue weighted by Crippen LogP contribution is 2.10. The standard InChI is InChI=1S/C18H20N2/c1-3-17(19-13-1)11-9-15-5-7-16(8-6-15)10-12-18-4-2-14-20-18/h1-8,13-14,19-20H,9-12H2. The molecule has 2 heterocycles. The first kappa shape index (κ1) is 12.8. The molecule has 3 rings (SSSR count). The Kier molecular flexibility index (Phi) is 4.02. The highest BCUT2D eigenvalue weighted by atomic mass is 14.7. The van der Waals surface area contributed by atoms with Crippen molar-refractivity contribution in [3.05, 3.63) is 83.4 Å². The van der Waals surface area contributed by atoms with Gasteiger partial charge < -0.3 is 9.97 Å². The normalized spacial score (nSPS) is 10.8. The Morgan fingerprint density at radius 1 is 0.550 bits per heavy atom. The molecule has 20 heavy (non-hydrogen) atoms. The molecule has 2 nitrogen and oxygen atoms in total. The summed E-state index contributed by atoms with van der Waals surface area (Å²) in [6.45, 7) is 0. The maximum absolute atomic E-state index is 3.25. The van der Waals surface area contributed by atoms with Gasteiger partial charge in [-0.1, -0.05) is 24.3 Å². The lowest BCUT2D eigenvalue weighted by atomic mass is 10.0. The van der Waals surface area contributed by atoms with E-state index < -0.39 is 0 Å². The van der Waals surface area contributed by atoms with Gasteiger partial charge in [-0.25, -0.2) is 0 Å². The minimum Gasteiger partial charge on any atom is -0.365 e. The van der Waals surface area contributed by atoms with Crippen LogP contribution in [0.3, 0.4) is 0 Å². The Morgan fingerprint density at radius 3 is 1.35 bits per heavy atom. The molecule has 0 radical (unpaired) electrons. The molecule has 2 aromatic heterocycles. The van der Waals surface area contributed by atoms with Crippen LogP contribution in [0.4, 0.5) is 0 Å². The molecular formula is C18H20N2. The van der Waals surface area contributed by atoms with Crippen molar-refractivity contribution in [3.63, 3.8) is 0 Å². The van der Waals surface area contributed by atoms with Gasteiger partial charge in [0.05, 0.1) is 0 Å². The molecular weight excluding hydrogens is 244 g/mol. The SMILES string of the molecule is c1c[nH]c(CCc2ccc(CCc3ccc[nH]3)cc2)c1. The number of hydrogen-bond acceptors (Lipinski definition) is 0. The van der Waals surface area contributed by atoms with E-state index in [9.17, 15) is 0 Å². The van der Waals surface area contributed by atoms with E-state index in [2.05, 4.69) is 58.5 Å². The van der Waals surface area contributed by atoms with E-state index in [0.29, 0.717) is 0 Å². The van der Waals surface area contributed by atoms with Gasteiger partial charge in [-0.2, -0.15) is 0 Å². The lowest BCUT2D eigenvalue weighted by Gasteiger charge is -2.04. The van der Waals surface area contributed by atoms with Gasteiger partial charge in [0, 0.05) is 23.8 Å². The van der Waals surface area contributed by atoms with Gasteiger partial charge in [-0.15, -0.1) is 0 Å². The van der Waals surface area contributed by atoms with Crippen molar-refractivity contribution in [1.29, 1.82) is 0 Å². The van der Waals surface area contributed by atoms with Crippen molar-refractivity contribution in [1.82, 2.24) is 9.97 Å². The number of aromatic amines is 2. The maximum Gasteiger partial charge on any atom is 0.0150 e. The van der Waals surface area contributed by atoms with E-state index in [0.717, 1.165) is 25.7 Å². The third kappa shape index (κ3) is 3.41. The molecule has 0 atom stereocenters. The summed E-state index contributed by atoms with van der Waals surface area (Å²) in [5, 5.41) is 0. The molecule has 0 saturated heterocycles. The molecule has 0 unspecified atom stereocenters. The molecule has 0 aliphatic rings.